The van der Waals surface area contributed by atoms with Crippen molar-refractivity contribution >= 4 is 32.3 Å². The summed E-state index contributed by atoms with van der Waals surface area (Å²) in [6, 6.07) is 76.7. The standard InChI is InChI=1S/C86H76/c1-82(2,3)52-33-35-56-50(42-52)41-51-43-54(84(7,8)9)44-66(70(51)56)74-59-31-23-21-29-57(59)71(48-25-17-15-18-26-48)78-62-37-38-63-77-65(40-39-64(76(62)77)80(74)78)81-75(60-32-24-22-30-58(60)72(79(63)81)49-27-19-16-20-28-49)67-45-55(85(10,11)12)47-69-73(67)61-36-34-53(83(4,5)6)46-68(61)86(69,13)14/h15-40,42-47H,41H2,1-14H3. The third-order valence-corrected chi connectivity index (χ3v) is 20.5. The first-order chi connectivity index (χ1) is 41.0. The minimum absolute atomic E-state index is 0.0167. The van der Waals surface area contributed by atoms with Gasteiger partial charge in [0.1, 0.15) is 0 Å². The van der Waals surface area contributed by atoms with Crippen molar-refractivity contribution < 1.29 is 0 Å². The summed E-state index contributed by atoms with van der Waals surface area (Å²) in [5.74, 6) is 0. The fraction of sp³-hybridized carbons (Fsp3) is 0.233. The molecule has 0 unspecified atom stereocenters. The normalized spacial score (nSPS) is 14.2. The van der Waals surface area contributed by atoms with Gasteiger partial charge in [0.15, 0.2) is 0 Å². The zero-order valence-electron chi connectivity index (χ0n) is 52.7. The molecule has 420 valence electrons. The van der Waals surface area contributed by atoms with Crippen LogP contribution in [0.15, 0.2) is 194 Å². The average molecular weight is 1110 g/mol. The molecule has 86 heavy (non-hydrogen) atoms. The lowest BCUT2D eigenvalue weighted by Gasteiger charge is -2.28. The van der Waals surface area contributed by atoms with E-state index in [1.807, 2.05) is 0 Å². The summed E-state index contributed by atoms with van der Waals surface area (Å²) >= 11 is 0. The van der Waals surface area contributed by atoms with Gasteiger partial charge in [0.05, 0.1) is 0 Å². The first-order valence-corrected chi connectivity index (χ1v) is 31.5. The van der Waals surface area contributed by atoms with Gasteiger partial charge in [-0.15, -0.1) is 0 Å². The molecule has 0 aliphatic heterocycles. The monoisotopic (exact) mass is 1110 g/mol. The van der Waals surface area contributed by atoms with Crippen LogP contribution in [-0.4, -0.2) is 0 Å². The molecule has 4 aliphatic carbocycles. The van der Waals surface area contributed by atoms with Crippen molar-refractivity contribution in [2.75, 3.05) is 0 Å². The Balaban J connectivity index is 1.06. The van der Waals surface area contributed by atoms with Gasteiger partial charge in [-0.2, -0.15) is 0 Å². The SMILES string of the molecule is CC(C)(C)c1ccc2c(c1)Cc1cc(C(C)(C)C)cc(-c3c4c(c(-c5ccccc5)c5ccccc35)-c3ccc5c6c(ccc-4c36)-c3c-5c(-c4ccccc4)c4ccccc4c3-c3cc(C(C)(C)C)cc4c3-c3ccc(C(C)(C)C)cc3C4(C)C)c1-2. The van der Waals surface area contributed by atoms with Crippen LogP contribution in [0, 0.1) is 0 Å². The third-order valence-electron chi connectivity index (χ3n) is 20.5. The zero-order chi connectivity index (χ0) is 59.5. The quantitative estimate of drug-likeness (QED) is 0.165. The maximum atomic E-state index is 2.61. The first-order valence-electron chi connectivity index (χ1n) is 31.5. The molecule has 0 heteroatoms. The highest BCUT2D eigenvalue weighted by Gasteiger charge is 2.43. The highest BCUT2D eigenvalue weighted by atomic mass is 14.5. The van der Waals surface area contributed by atoms with E-state index in [1.165, 1.54) is 188 Å². The third kappa shape index (κ3) is 7.41. The lowest BCUT2D eigenvalue weighted by Crippen LogP contribution is -2.19. The van der Waals surface area contributed by atoms with Crippen molar-refractivity contribution in [1.82, 2.24) is 0 Å². The van der Waals surface area contributed by atoms with Crippen molar-refractivity contribution in [1.29, 1.82) is 0 Å². The topological polar surface area (TPSA) is 0 Å². The minimum Gasteiger partial charge on any atom is -0.0622 e. The molecule has 0 amide bonds. The van der Waals surface area contributed by atoms with Crippen LogP contribution in [0.1, 0.15) is 141 Å². The predicted octanol–water partition coefficient (Wildman–Crippen LogP) is 24.2. The summed E-state index contributed by atoms with van der Waals surface area (Å²) in [7, 11) is 0. The molecule has 12 aromatic rings. The molecule has 0 heterocycles. The highest BCUT2D eigenvalue weighted by Crippen LogP contribution is 2.67. The number of hydrogen-bond acceptors (Lipinski definition) is 0. The second-order valence-electron chi connectivity index (χ2n) is 30.3. The Morgan fingerprint density at radius 3 is 1.06 bits per heavy atom. The number of fused-ring (bicyclic) bond motifs is 14. The Bertz CT molecular complexity index is 4970. The largest absolute Gasteiger partial charge is 0.0622 e. The maximum absolute atomic E-state index is 2.61. The van der Waals surface area contributed by atoms with Crippen LogP contribution in [0.5, 0.6) is 0 Å². The Hall–Kier alpha value is -8.58. The van der Waals surface area contributed by atoms with Gasteiger partial charge in [-0.3, -0.25) is 0 Å². The van der Waals surface area contributed by atoms with E-state index >= 15 is 0 Å². The van der Waals surface area contributed by atoms with E-state index in [9.17, 15) is 0 Å². The molecule has 0 saturated carbocycles. The van der Waals surface area contributed by atoms with Crippen LogP contribution in [0.25, 0.3) is 144 Å². The van der Waals surface area contributed by atoms with Gasteiger partial charge in [-0.1, -0.05) is 279 Å². The maximum Gasteiger partial charge on any atom is 0.0159 e. The van der Waals surface area contributed by atoms with E-state index in [0.717, 1.165) is 6.42 Å². The van der Waals surface area contributed by atoms with Gasteiger partial charge < -0.3 is 0 Å². The summed E-state index contributed by atoms with van der Waals surface area (Å²) in [5, 5.41) is 7.89. The van der Waals surface area contributed by atoms with E-state index < -0.39 is 0 Å². The Labute approximate surface area is 509 Å². The second kappa shape index (κ2) is 17.8. The molecule has 0 aromatic heterocycles. The van der Waals surface area contributed by atoms with E-state index in [1.54, 1.807) is 0 Å². The van der Waals surface area contributed by atoms with Gasteiger partial charge in [0.2, 0.25) is 0 Å². The van der Waals surface area contributed by atoms with Gasteiger partial charge in [-0.05, 0) is 228 Å². The lowest BCUT2D eigenvalue weighted by atomic mass is 9.75. The molecule has 0 N–H and O–H groups in total. The molecule has 4 aliphatic rings. The molecule has 0 saturated heterocycles. The molecule has 0 fully saturated rings. The van der Waals surface area contributed by atoms with Crippen LogP contribution in [-0.2, 0) is 33.5 Å². The van der Waals surface area contributed by atoms with Crippen molar-refractivity contribution in [3.05, 3.63) is 239 Å². The van der Waals surface area contributed by atoms with E-state index in [0.29, 0.717) is 0 Å². The van der Waals surface area contributed by atoms with Crippen LogP contribution in [0.4, 0.5) is 0 Å². The molecular weight excluding hydrogens is 1030 g/mol. The fourth-order valence-corrected chi connectivity index (χ4v) is 16.0. The van der Waals surface area contributed by atoms with Gasteiger partial charge >= 0.3 is 0 Å². The van der Waals surface area contributed by atoms with Crippen molar-refractivity contribution in [3.63, 3.8) is 0 Å². The smallest absolute Gasteiger partial charge is 0.0159 e. The molecule has 0 nitrogen and oxygen atoms in total. The molecule has 0 atom stereocenters. The number of benzene rings is 12. The molecule has 16 rings (SSSR count). The summed E-state index contributed by atoms with van der Waals surface area (Å²) in [6.45, 7) is 33.4. The average Bonchev–Trinajstić information content (AvgIpc) is 1.53. The van der Waals surface area contributed by atoms with Crippen LogP contribution in [0.3, 0.4) is 0 Å². The van der Waals surface area contributed by atoms with Gasteiger partial charge in [0, 0.05) is 5.41 Å². The zero-order valence-corrected chi connectivity index (χ0v) is 52.7. The van der Waals surface area contributed by atoms with Crippen LogP contribution >= 0.6 is 0 Å². The number of hydrogen-bond donors (Lipinski definition) is 0. The summed E-state index contributed by atoms with van der Waals surface area (Å²) in [6.07, 6.45) is 0.928. The summed E-state index contributed by atoms with van der Waals surface area (Å²) in [5.41, 5.74) is 37.5. The van der Waals surface area contributed by atoms with Gasteiger partial charge in [-0.25, -0.2) is 0 Å². The van der Waals surface area contributed by atoms with E-state index in [2.05, 4.69) is 291 Å². The predicted molar refractivity (Wildman–Crippen MR) is 370 cm³/mol. The fourth-order valence-electron chi connectivity index (χ4n) is 16.0. The summed E-state index contributed by atoms with van der Waals surface area (Å²) in [4.78, 5) is 0. The lowest BCUT2D eigenvalue weighted by molar-refractivity contribution is 0.580. The second-order valence-corrected chi connectivity index (χ2v) is 30.3. The van der Waals surface area contributed by atoms with E-state index in [-0.39, 0.29) is 27.1 Å². The minimum atomic E-state index is -0.218. The molecular formula is C86H76. The number of rotatable bonds is 4. The Morgan fingerprint density at radius 2 is 0.605 bits per heavy atom. The van der Waals surface area contributed by atoms with Crippen molar-refractivity contribution in [2.24, 2.45) is 0 Å². The Morgan fingerprint density at radius 1 is 0.256 bits per heavy atom. The van der Waals surface area contributed by atoms with Crippen molar-refractivity contribution in [3.8, 4) is 111 Å². The van der Waals surface area contributed by atoms with Crippen LogP contribution in [0.2, 0.25) is 0 Å². The van der Waals surface area contributed by atoms with Gasteiger partial charge in [0.25, 0.3) is 0 Å². The molecule has 0 spiro atoms. The highest BCUT2D eigenvalue weighted by molar-refractivity contribution is 6.36. The Kier molecular flexibility index (Phi) is 10.9. The molecule has 0 bridgehead atoms. The molecule has 0 radical (unpaired) electrons. The summed E-state index contributed by atoms with van der Waals surface area (Å²) < 4.78 is 0. The molecule has 12 aromatic carbocycles. The van der Waals surface area contributed by atoms with E-state index in [4.69, 9.17) is 0 Å². The van der Waals surface area contributed by atoms with Crippen LogP contribution < -0.4 is 0 Å². The van der Waals surface area contributed by atoms with Crippen molar-refractivity contribution in [2.45, 2.75) is 130 Å². The first kappa shape index (κ1) is 52.9.